The summed E-state index contributed by atoms with van der Waals surface area (Å²) in [6.07, 6.45) is 1.23. The van der Waals surface area contributed by atoms with Crippen molar-refractivity contribution in [3.63, 3.8) is 0 Å². The van der Waals surface area contributed by atoms with Crippen LogP contribution < -0.4 is 0 Å². The highest BCUT2D eigenvalue weighted by Crippen LogP contribution is 2.45. The molecule has 1 aliphatic heterocycles. The SMILES string of the molecule is CON=C1CC2(CC(C#Cc3cccc(Cl)c3)=NO2)c2ccccc21. The number of fused-ring (bicyclic) bond motifs is 2. The van der Waals surface area contributed by atoms with Crippen molar-refractivity contribution in [2.24, 2.45) is 10.3 Å². The van der Waals surface area contributed by atoms with Gasteiger partial charge in [-0.1, -0.05) is 58.2 Å². The van der Waals surface area contributed by atoms with Crippen LogP contribution in [0.1, 0.15) is 29.5 Å². The fraction of sp³-hybridized carbons (Fsp3) is 0.200. The third-order valence-electron chi connectivity index (χ3n) is 4.34. The molecule has 0 fully saturated rings. The molecule has 1 heterocycles. The summed E-state index contributed by atoms with van der Waals surface area (Å²) in [5, 5.41) is 9.03. The van der Waals surface area contributed by atoms with E-state index in [1.807, 2.05) is 42.5 Å². The van der Waals surface area contributed by atoms with Crippen molar-refractivity contribution < 1.29 is 9.68 Å². The summed E-state index contributed by atoms with van der Waals surface area (Å²) >= 11 is 5.99. The number of oxime groups is 2. The molecule has 0 N–H and O–H groups in total. The fourth-order valence-electron chi connectivity index (χ4n) is 3.28. The number of hydrogen-bond donors (Lipinski definition) is 0. The molecule has 124 valence electrons. The lowest BCUT2D eigenvalue weighted by molar-refractivity contribution is -0.0138. The quantitative estimate of drug-likeness (QED) is 0.573. The molecule has 0 amide bonds. The summed E-state index contributed by atoms with van der Waals surface area (Å²) in [6.45, 7) is 0. The van der Waals surface area contributed by atoms with E-state index in [1.54, 1.807) is 7.11 Å². The molecule has 2 aliphatic rings. The Morgan fingerprint density at radius 3 is 2.88 bits per heavy atom. The van der Waals surface area contributed by atoms with Crippen LogP contribution in [0.25, 0.3) is 0 Å². The second-order valence-corrected chi connectivity index (χ2v) is 6.44. The minimum Gasteiger partial charge on any atom is -0.399 e. The highest BCUT2D eigenvalue weighted by molar-refractivity contribution is 6.30. The van der Waals surface area contributed by atoms with Crippen LogP contribution in [0.4, 0.5) is 0 Å². The lowest BCUT2D eigenvalue weighted by Crippen LogP contribution is -2.23. The fourth-order valence-corrected chi connectivity index (χ4v) is 3.47. The molecule has 0 radical (unpaired) electrons. The van der Waals surface area contributed by atoms with Crippen molar-refractivity contribution in [1.29, 1.82) is 0 Å². The monoisotopic (exact) mass is 350 g/mol. The van der Waals surface area contributed by atoms with Gasteiger partial charge in [-0.05, 0) is 24.1 Å². The Bertz CT molecular complexity index is 955. The normalized spacial score (nSPS) is 22.2. The maximum absolute atomic E-state index is 5.99. The summed E-state index contributed by atoms with van der Waals surface area (Å²) in [4.78, 5) is 10.8. The van der Waals surface area contributed by atoms with Crippen LogP contribution in [0, 0.1) is 11.8 Å². The number of nitrogens with zero attached hydrogens (tertiary/aromatic N) is 2. The average molecular weight is 351 g/mol. The Balaban J connectivity index is 1.61. The summed E-state index contributed by atoms with van der Waals surface area (Å²) < 4.78 is 0. The molecule has 5 heteroatoms. The molecular formula is C20H15ClN2O2. The molecule has 25 heavy (non-hydrogen) atoms. The largest absolute Gasteiger partial charge is 0.399 e. The Morgan fingerprint density at radius 2 is 2.04 bits per heavy atom. The first-order valence-corrected chi connectivity index (χ1v) is 8.30. The summed E-state index contributed by atoms with van der Waals surface area (Å²) in [6, 6.07) is 15.5. The molecule has 2 aromatic carbocycles. The smallest absolute Gasteiger partial charge is 0.175 e. The van der Waals surface area contributed by atoms with Gasteiger partial charge >= 0.3 is 0 Å². The van der Waals surface area contributed by atoms with Crippen molar-refractivity contribution in [1.82, 2.24) is 0 Å². The molecule has 0 saturated heterocycles. The molecule has 1 aliphatic carbocycles. The number of benzene rings is 2. The lowest BCUT2D eigenvalue weighted by Gasteiger charge is -2.20. The van der Waals surface area contributed by atoms with Crippen LogP contribution in [0.5, 0.6) is 0 Å². The van der Waals surface area contributed by atoms with Gasteiger partial charge in [-0.25, -0.2) is 0 Å². The van der Waals surface area contributed by atoms with Crippen molar-refractivity contribution in [2.45, 2.75) is 18.4 Å². The minimum atomic E-state index is -0.535. The zero-order valence-electron chi connectivity index (χ0n) is 13.6. The van der Waals surface area contributed by atoms with E-state index in [9.17, 15) is 0 Å². The zero-order chi connectivity index (χ0) is 17.3. The first-order chi connectivity index (χ1) is 12.2. The molecule has 4 rings (SSSR count). The second kappa shape index (κ2) is 6.27. The third-order valence-corrected chi connectivity index (χ3v) is 4.58. The van der Waals surface area contributed by atoms with Gasteiger partial charge < -0.3 is 9.68 Å². The molecule has 1 atom stereocenters. The Labute approximate surface area is 151 Å². The van der Waals surface area contributed by atoms with E-state index in [0.29, 0.717) is 23.6 Å². The van der Waals surface area contributed by atoms with Gasteiger partial charge in [0.05, 0.1) is 5.71 Å². The van der Waals surface area contributed by atoms with E-state index >= 15 is 0 Å². The molecule has 0 bridgehead atoms. The van der Waals surface area contributed by atoms with Crippen molar-refractivity contribution in [3.05, 3.63) is 70.2 Å². The van der Waals surface area contributed by atoms with Crippen LogP contribution in [-0.2, 0) is 15.3 Å². The first kappa shape index (κ1) is 15.7. The summed E-state index contributed by atoms with van der Waals surface area (Å²) in [5.41, 5.74) is 4.03. The second-order valence-electron chi connectivity index (χ2n) is 6.00. The number of hydrogen-bond acceptors (Lipinski definition) is 4. The summed E-state index contributed by atoms with van der Waals surface area (Å²) in [5.74, 6) is 6.19. The molecule has 2 aromatic rings. The van der Waals surface area contributed by atoms with Crippen LogP contribution in [0.15, 0.2) is 58.8 Å². The zero-order valence-corrected chi connectivity index (χ0v) is 14.4. The van der Waals surface area contributed by atoms with E-state index in [2.05, 4.69) is 28.2 Å². The van der Waals surface area contributed by atoms with Crippen LogP contribution in [0.3, 0.4) is 0 Å². The third kappa shape index (κ3) is 2.88. The Kier molecular flexibility index (Phi) is 3.95. The Hall–Kier alpha value is -2.77. The first-order valence-electron chi connectivity index (χ1n) is 7.93. The van der Waals surface area contributed by atoms with Crippen molar-refractivity contribution in [2.75, 3.05) is 7.11 Å². The van der Waals surface area contributed by atoms with Crippen molar-refractivity contribution in [3.8, 4) is 11.8 Å². The van der Waals surface area contributed by atoms with Gasteiger partial charge in [0.15, 0.2) is 5.60 Å². The maximum atomic E-state index is 5.99. The van der Waals surface area contributed by atoms with Gasteiger partial charge in [0.25, 0.3) is 0 Å². The predicted molar refractivity (Wildman–Crippen MR) is 97.8 cm³/mol. The van der Waals surface area contributed by atoms with Gasteiger partial charge in [-0.15, -0.1) is 0 Å². The predicted octanol–water partition coefficient (Wildman–Crippen LogP) is 4.12. The van der Waals surface area contributed by atoms with Crippen LogP contribution >= 0.6 is 11.6 Å². The molecule has 4 nitrogen and oxygen atoms in total. The van der Waals surface area contributed by atoms with E-state index < -0.39 is 5.60 Å². The van der Waals surface area contributed by atoms with Crippen LogP contribution in [0.2, 0.25) is 5.02 Å². The summed E-state index contributed by atoms with van der Waals surface area (Å²) in [7, 11) is 1.55. The van der Waals surface area contributed by atoms with Gasteiger partial charge in [0, 0.05) is 34.6 Å². The molecule has 1 unspecified atom stereocenters. The standard InChI is InChI=1S/C20H15ClN2O2/c1-24-23-19-13-20(18-8-3-2-7-17(18)19)12-16(22-25-20)10-9-14-5-4-6-15(21)11-14/h2-8,11H,12-13H2,1H3. The highest BCUT2D eigenvalue weighted by Gasteiger charge is 2.48. The van der Waals surface area contributed by atoms with Crippen molar-refractivity contribution >= 4 is 23.0 Å². The molecule has 0 saturated carbocycles. The highest BCUT2D eigenvalue weighted by atomic mass is 35.5. The van der Waals surface area contributed by atoms with E-state index in [-0.39, 0.29) is 0 Å². The van der Waals surface area contributed by atoms with E-state index in [0.717, 1.165) is 22.4 Å². The minimum absolute atomic E-state index is 0.535. The molecule has 0 aromatic heterocycles. The van der Waals surface area contributed by atoms with Crippen LogP contribution in [-0.4, -0.2) is 18.5 Å². The van der Waals surface area contributed by atoms with Gasteiger partial charge in [0.1, 0.15) is 12.8 Å². The lowest BCUT2D eigenvalue weighted by atomic mass is 9.91. The number of halogens is 1. The van der Waals surface area contributed by atoms with E-state index in [4.69, 9.17) is 21.3 Å². The topological polar surface area (TPSA) is 43.2 Å². The average Bonchev–Trinajstić information content (AvgIpc) is 3.17. The van der Waals surface area contributed by atoms with Gasteiger partial charge in [-0.2, -0.15) is 0 Å². The number of rotatable bonds is 1. The maximum Gasteiger partial charge on any atom is 0.175 e. The Morgan fingerprint density at radius 1 is 1.16 bits per heavy atom. The van der Waals surface area contributed by atoms with Gasteiger partial charge in [-0.3, -0.25) is 0 Å². The van der Waals surface area contributed by atoms with Gasteiger partial charge in [0.2, 0.25) is 0 Å². The molecule has 1 spiro atoms. The molecular weight excluding hydrogens is 336 g/mol. The van der Waals surface area contributed by atoms with E-state index in [1.165, 1.54) is 0 Å².